The summed E-state index contributed by atoms with van der Waals surface area (Å²) in [4.78, 5) is 12.9. The molecule has 0 saturated carbocycles. The molecule has 7 heteroatoms. The Balaban J connectivity index is 1.96. The molecular formula is C10H14F3NO3. The average Bonchev–Trinajstić information content (AvgIpc) is 2.64. The summed E-state index contributed by atoms with van der Waals surface area (Å²) in [5.74, 6) is -0.373. The Morgan fingerprint density at radius 3 is 2.35 bits per heavy atom. The van der Waals surface area contributed by atoms with Crippen molar-refractivity contribution >= 4 is 5.97 Å². The fourth-order valence-corrected chi connectivity index (χ4v) is 2.31. The van der Waals surface area contributed by atoms with Crippen LogP contribution in [-0.4, -0.2) is 53.5 Å². The molecule has 0 aliphatic carbocycles. The summed E-state index contributed by atoms with van der Waals surface area (Å²) in [5, 5.41) is 9.47. The van der Waals surface area contributed by atoms with Crippen molar-refractivity contribution in [2.45, 2.75) is 37.1 Å². The Kier molecular flexibility index (Phi) is 3.07. The zero-order chi connectivity index (χ0) is 12.7. The van der Waals surface area contributed by atoms with Crippen molar-refractivity contribution < 1.29 is 27.8 Å². The van der Waals surface area contributed by atoms with E-state index in [9.17, 15) is 23.1 Å². The minimum Gasteiger partial charge on any atom is -0.464 e. The lowest BCUT2D eigenvalue weighted by molar-refractivity contribution is -0.273. The van der Waals surface area contributed by atoms with Gasteiger partial charge in [-0.3, -0.25) is 9.69 Å². The predicted octanol–water partition coefficient (Wildman–Crippen LogP) is 0.691. The molecule has 1 atom stereocenters. The van der Waals surface area contributed by atoms with Crippen molar-refractivity contribution in [1.29, 1.82) is 0 Å². The first kappa shape index (κ1) is 12.6. The molecule has 0 spiro atoms. The Labute approximate surface area is 96.3 Å². The minimum absolute atomic E-state index is 0.0653. The maximum Gasteiger partial charge on any atom is 0.417 e. The smallest absolute Gasteiger partial charge is 0.417 e. The maximum atomic E-state index is 12.5. The van der Waals surface area contributed by atoms with Crippen LogP contribution in [-0.2, 0) is 9.53 Å². The highest BCUT2D eigenvalue weighted by Gasteiger charge is 2.55. The van der Waals surface area contributed by atoms with E-state index in [-0.39, 0.29) is 31.9 Å². The van der Waals surface area contributed by atoms with Gasteiger partial charge in [-0.15, -0.1) is 0 Å². The third-order valence-corrected chi connectivity index (χ3v) is 3.50. The van der Waals surface area contributed by atoms with E-state index in [2.05, 4.69) is 0 Å². The van der Waals surface area contributed by atoms with Gasteiger partial charge in [-0.1, -0.05) is 0 Å². The number of nitrogens with zero attached hydrogens (tertiary/aromatic N) is 1. The number of ether oxygens (including phenoxy) is 1. The highest BCUT2D eigenvalue weighted by Crippen LogP contribution is 2.39. The highest BCUT2D eigenvalue weighted by atomic mass is 19.4. The predicted molar refractivity (Wildman–Crippen MR) is 51.2 cm³/mol. The first-order valence-electron chi connectivity index (χ1n) is 5.53. The van der Waals surface area contributed by atoms with E-state index in [4.69, 9.17) is 4.74 Å². The fourth-order valence-electron chi connectivity index (χ4n) is 2.31. The number of hydrogen-bond donors (Lipinski definition) is 1. The molecule has 0 radical (unpaired) electrons. The van der Waals surface area contributed by atoms with Gasteiger partial charge in [0.15, 0.2) is 5.60 Å². The SMILES string of the molecule is O=C1OCCC1N1CCC(O)(C(F)(F)F)CC1. The van der Waals surface area contributed by atoms with Gasteiger partial charge in [0.2, 0.25) is 0 Å². The lowest BCUT2D eigenvalue weighted by Crippen LogP contribution is -2.55. The number of alkyl halides is 3. The number of aliphatic hydroxyl groups is 1. The summed E-state index contributed by atoms with van der Waals surface area (Å²) in [6.45, 7) is 0.453. The third-order valence-electron chi connectivity index (χ3n) is 3.50. The molecule has 2 saturated heterocycles. The first-order chi connectivity index (χ1) is 7.83. The van der Waals surface area contributed by atoms with Gasteiger partial charge < -0.3 is 9.84 Å². The normalized spacial score (nSPS) is 30.4. The summed E-state index contributed by atoms with van der Waals surface area (Å²) in [6, 6.07) is -0.437. The van der Waals surface area contributed by atoms with Gasteiger partial charge in [0.25, 0.3) is 0 Å². The van der Waals surface area contributed by atoms with Gasteiger partial charge in [-0.05, 0) is 12.8 Å². The molecule has 2 rings (SSSR count). The number of piperidine rings is 1. The molecule has 4 nitrogen and oxygen atoms in total. The van der Waals surface area contributed by atoms with E-state index in [0.717, 1.165) is 0 Å². The second kappa shape index (κ2) is 4.13. The molecule has 17 heavy (non-hydrogen) atoms. The summed E-state index contributed by atoms with van der Waals surface area (Å²) in [7, 11) is 0. The van der Waals surface area contributed by atoms with Crippen molar-refractivity contribution in [2.75, 3.05) is 19.7 Å². The van der Waals surface area contributed by atoms with Crippen LogP contribution in [0.3, 0.4) is 0 Å². The molecule has 1 unspecified atom stereocenters. The standard InChI is InChI=1S/C10H14F3NO3/c11-10(12,13)9(16)2-4-14(5-3-9)7-1-6-17-8(7)15/h7,16H,1-6H2. The van der Waals surface area contributed by atoms with Crippen LogP contribution in [0.5, 0.6) is 0 Å². The number of esters is 1. The van der Waals surface area contributed by atoms with E-state index >= 15 is 0 Å². The van der Waals surface area contributed by atoms with Crippen LogP contribution in [0.1, 0.15) is 19.3 Å². The van der Waals surface area contributed by atoms with E-state index in [0.29, 0.717) is 13.0 Å². The second-order valence-electron chi connectivity index (χ2n) is 4.54. The van der Waals surface area contributed by atoms with Crippen LogP contribution in [0, 0.1) is 0 Å². The molecule has 0 amide bonds. The van der Waals surface area contributed by atoms with Crippen molar-refractivity contribution in [3.63, 3.8) is 0 Å². The number of carbonyl (C=O) groups is 1. The molecule has 1 N–H and O–H groups in total. The van der Waals surface area contributed by atoms with Gasteiger partial charge in [0, 0.05) is 19.5 Å². The zero-order valence-corrected chi connectivity index (χ0v) is 9.16. The first-order valence-corrected chi connectivity index (χ1v) is 5.53. The Bertz CT molecular complexity index is 310. The summed E-state index contributed by atoms with van der Waals surface area (Å²) < 4.78 is 42.4. The monoisotopic (exact) mass is 253 g/mol. The third kappa shape index (κ3) is 2.26. The molecule has 0 bridgehead atoms. The number of cyclic esters (lactones) is 1. The summed E-state index contributed by atoms with van der Waals surface area (Å²) in [5.41, 5.74) is -2.61. The Morgan fingerprint density at radius 2 is 1.94 bits per heavy atom. The Hall–Kier alpha value is -0.820. The molecule has 98 valence electrons. The number of rotatable bonds is 1. The quantitative estimate of drug-likeness (QED) is 0.699. The van der Waals surface area contributed by atoms with Crippen molar-refractivity contribution in [3.8, 4) is 0 Å². The molecule has 0 aromatic carbocycles. The maximum absolute atomic E-state index is 12.5. The molecule has 0 aromatic heterocycles. The van der Waals surface area contributed by atoms with Gasteiger partial charge >= 0.3 is 12.1 Å². The van der Waals surface area contributed by atoms with Crippen LogP contribution < -0.4 is 0 Å². The lowest BCUT2D eigenvalue weighted by atomic mass is 9.90. The van der Waals surface area contributed by atoms with E-state index in [1.807, 2.05) is 0 Å². The minimum atomic E-state index is -4.60. The average molecular weight is 253 g/mol. The topological polar surface area (TPSA) is 49.8 Å². The molecule has 2 heterocycles. The molecule has 0 aromatic rings. The van der Waals surface area contributed by atoms with Crippen molar-refractivity contribution in [3.05, 3.63) is 0 Å². The Morgan fingerprint density at radius 1 is 1.35 bits per heavy atom. The van der Waals surface area contributed by atoms with E-state index < -0.39 is 17.8 Å². The van der Waals surface area contributed by atoms with Crippen LogP contribution in [0.4, 0.5) is 13.2 Å². The fraction of sp³-hybridized carbons (Fsp3) is 0.900. The van der Waals surface area contributed by atoms with Crippen molar-refractivity contribution in [2.24, 2.45) is 0 Å². The van der Waals surface area contributed by atoms with E-state index in [1.165, 1.54) is 0 Å². The molecule has 2 aliphatic heterocycles. The largest absolute Gasteiger partial charge is 0.464 e. The lowest BCUT2D eigenvalue weighted by Gasteiger charge is -2.40. The van der Waals surface area contributed by atoms with Gasteiger partial charge in [-0.25, -0.2) is 0 Å². The molecule has 2 fully saturated rings. The second-order valence-corrected chi connectivity index (χ2v) is 4.54. The summed E-state index contributed by atoms with van der Waals surface area (Å²) in [6.07, 6.45) is -4.86. The van der Waals surface area contributed by atoms with Gasteiger partial charge in [-0.2, -0.15) is 13.2 Å². The van der Waals surface area contributed by atoms with E-state index in [1.54, 1.807) is 4.90 Å². The molecular weight excluding hydrogens is 239 g/mol. The van der Waals surface area contributed by atoms with Crippen molar-refractivity contribution in [1.82, 2.24) is 4.90 Å². The number of hydrogen-bond acceptors (Lipinski definition) is 4. The van der Waals surface area contributed by atoms with Gasteiger partial charge in [0.1, 0.15) is 6.04 Å². The number of likely N-dealkylation sites (tertiary alicyclic amines) is 1. The highest BCUT2D eigenvalue weighted by molar-refractivity contribution is 5.77. The summed E-state index contributed by atoms with van der Waals surface area (Å²) >= 11 is 0. The van der Waals surface area contributed by atoms with Gasteiger partial charge in [0.05, 0.1) is 6.61 Å². The van der Waals surface area contributed by atoms with Crippen LogP contribution in [0.15, 0.2) is 0 Å². The molecule has 2 aliphatic rings. The number of halogens is 3. The zero-order valence-electron chi connectivity index (χ0n) is 9.16. The van der Waals surface area contributed by atoms with Crippen LogP contribution >= 0.6 is 0 Å². The number of carbonyl (C=O) groups excluding carboxylic acids is 1. The van der Waals surface area contributed by atoms with Crippen LogP contribution in [0.25, 0.3) is 0 Å². The van der Waals surface area contributed by atoms with Crippen LogP contribution in [0.2, 0.25) is 0 Å².